The Labute approximate surface area is 117 Å². The molecule has 0 atom stereocenters. The molecule has 20 heavy (non-hydrogen) atoms. The van der Waals surface area contributed by atoms with E-state index in [4.69, 9.17) is 10.9 Å². The summed E-state index contributed by atoms with van der Waals surface area (Å²) in [6.45, 7) is 0. The van der Waals surface area contributed by atoms with Crippen molar-refractivity contribution in [3.63, 3.8) is 0 Å². The van der Waals surface area contributed by atoms with E-state index in [9.17, 15) is 4.79 Å². The van der Waals surface area contributed by atoms with Gasteiger partial charge in [0, 0.05) is 5.69 Å². The molecule has 5 heteroatoms. The number of carbonyl (C=O) groups is 1. The monoisotopic (exact) mass is 273 g/mol. The summed E-state index contributed by atoms with van der Waals surface area (Å²) in [6, 6.07) is 6.05. The Morgan fingerprint density at radius 1 is 1.25 bits per heavy atom. The highest BCUT2D eigenvalue weighted by molar-refractivity contribution is 6.12. The van der Waals surface area contributed by atoms with Gasteiger partial charge in [0.1, 0.15) is 5.41 Å². The first-order valence-electron chi connectivity index (χ1n) is 7.07. The first-order chi connectivity index (χ1) is 9.65. The quantitative estimate of drug-likeness (QED) is 0.341. The van der Waals surface area contributed by atoms with Crippen LogP contribution in [0.1, 0.15) is 36.8 Å². The molecule has 2 aliphatic carbocycles. The van der Waals surface area contributed by atoms with Crippen molar-refractivity contribution in [2.75, 3.05) is 5.32 Å². The van der Waals surface area contributed by atoms with Crippen LogP contribution in [0.4, 0.5) is 5.69 Å². The van der Waals surface area contributed by atoms with Gasteiger partial charge in [0.15, 0.2) is 5.84 Å². The summed E-state index contributed by atoms with van der Waals surface area (Å²) in [4.78, 5) is 12.4. The van der Waals surface area contributed by atoms with Gasteiger partial charge >= 0.3 is 0 Å². The fourth-order valence-corrected chi connectivity index (χ4v) is 3.13. The zero-order chi connectivity index (χ0) is 14.2. The van der Waals surface area contributed by atoms with Gasteiger partial charge in [0.05, 0.1) is 0 Å². The predicted octanol–water partition coefficient (Wildman–Crippen LogP) is 2.03. The predicted molar refractivity (Wildman–Crippen MR) is 76.8 cm³/mol. The number of amidine groups is 1. The van der Waals surface area contributed by atoms with E-state index in [0.29, 0.717) is 12.8 Å². The highest BCUT2D eigenvalue weighted by atomic mass is 16.4. The van der Waals surface area contributed by atoms with Crippen LogP contribution in [0, 0.1) is 5.41 Å². The average Bonchev–Trinajstić information content (AvgIpc) is 2.84. The van der Waals surface area contributed by atoms with Gasteiger partial charge in [-0.2, -0.15) is 0 Å². The van der Waals surface area contributed by atoms with Gasteiger partial charge in [-0.1, -0.05) is 17.6 Å². The second kappa shape index (κ2) is 4.81. The Morgan fingerprint density at radius 3 is 2.65 bits per heavy atom. The third kappa shape index (κ3) is 1.94. The number of hydrogen-bond donors (Lipinski definition) is 3. The third-order valence-electron chi connectivity index (χ3n) is 4.60. The van der Waals surface area contributed by atoms with E-state index in [1.54, 1.807) is 0 Å². The second-order valence-corrected chi connectivity index (χ2v) is 5.71. The third-order valence-corrected chi connectivity index (χ3v) is 4.60. The lowest BCUT2D eigenvalue weighted by molar-refractivity contribution is -0.125. The summed E-state index contributed by atoms with van der Waals surface area (Å²) in [7, 11) is 0. The van der Waals surface area contributed by atoms with Crippen LogP contribution in [-0.2, 0) is 17.6 Å². The zero-order valence-electron chi connectivity index (χ0n) is 11.4. The molecule has 0 saturated heterocycles. The van der Waals surface area contributed by atoms with Crippen LogP contribution < -0.4 is 11.1 Å². The van der Waals surface area contributed by atoms with E-state index in [1.807, 2.05) is 12.1 Å². The van der Waals surface area contributed by atoms with E-state index in [2.05, 4.69) is 16.5 Å². The minimum atomic E-state index is -0.826. The molecular formula is C15H19N3O2. The first kappa shape index (κ1) is 13.0. The summed E-state index contributed by atoms with van der Waals surface area (Å²) >= 11 is 0. The standard InChI is InChI=1S/C15H19N3O2/c16-13(18-20)15(7-2-8-15)14(19)17-12-6-5-10-3-1-4-11(10)9-12/h5-6,9,20H,1-4,7-8H2,(H2,16,18)(H,17,19). The molecule has 0 aromatic heterocycles. The SMILES string of the molecule is N/C(=N/O)C1(C(=O)Nc2ccc3c(c2)CCC3)CCC1. The molecule has 0 aliphatic heterocycles. The Bertz CT molecular complexity index is 576. The Balaban J connectivity index is 1.79. The van der Waals surface area contributed by atoms with E-state index in [0.717, 1.165) is 24.9 Å². The molecular weight excluding hydrogens is 254 g/mol. The van der Waals surface area contributed by atoms with Crippen molar-refractivity contribution in [2.24, 2.45) is 16.3 Å². The molecule has 1 saturated carbocycles. The summed E-state index contributed by atoms with van der Waals surface area (Å²) in [5.41, 5.74) is 8.36. The number of amides is 1. The van der Waals surface area contributed by atoms with E-state index in [-0.39, 0.29) is 11.7 Å². The van der Waals surface area contributed by atoms with Crippen molar-refractivity contribution in [1.29, 1.82) is 0 Å². The van der Waals surface area contributed by atoms with Crippen LogP contribution in [0.2, 0.25) is 0 Å². The van der Waals surface area contributed by atoms with E-state index in [1.165, 1.54) is 17.5 Å². The second-order valence-electron chi connectivity index (χ2n) is 5.71. The number of fused-ring (bicyclic) bond motifs is 1. The van der Waals surface area contributed by atoms with Crippen LogP contribution in [0.3, 0.4) is 0 Å². The molecule has 0 unspecified atom stereocenters. The Hall–Kier alpha value is -2.04. The lowest BCUT2D eigenvalue weighted by Gasteiger charge is -2.38. The minimum absolute atomic E-state index is 0.0161. The number of hydrogen-bond acceptors (Lipinski definition) is 3. The molecule has 1 aromatic carbocycles. The topological polar surface area (TPSA) is 87.7 Å². The van der Waals surface area contributed by atoms with Crippen molar-refractivity contribution in [2.45, 2.75) is 38.5 Å². The molecule has 2 aliphatic rings. The molecule has 0 heterocycles. The molecule has 1 fully saturated rings. The van der Waals surface area contributed by atoms with Crippen LogP contribution >= 0.6 is 0 Å². The number of anilines is 1. The molecule has 1 amide bonds. The number of nitrogens with one attached hydrogen (secondary N) is 1. The highest BCUT2D eigenvalue weighted by Gasteiger charge is 2.48. The lowest BCUT2D eigenvalue weighted by atomic mass is 9.67. The van der Waals surface area contributed by atoms with Crippen LogP contribution in [-0.4, -0.2) is 17.0 Å². The number of carbonyl (C=O) groups excluding carboxylic acids is 1. The van der Waals surface area contributed by atoms with Crippen molar-refractivity contribution in [3.05, 3.63) is 29.3 Å². The van der Waals surface area contributed by atoms with Gasteiger partial charge < -0.3 is 16.3 Å². The van der Waals surface area contributed by atoms with E-state index < -0.39 is 5.41 Å². The van der Waals surface area contributed by atoms with Gasteiger partial charge in [-0.15, -0.1) is 0 Å². The van der Waals surface area contributed by atoms with E-state index >= 15 is 0 Å². The molecule has 0 spiro atoms. The number of nitrogens with two attached hydrogens (primary N) is 1. The summed E-state index contributed by atoms with van der Waals surface area (Å²) < 4.78 is 0. The fourth-order valence-electron chi connectivity index (χ4n) is 3.13. The van der Waals surface area contributed by atoms with Gasteiger partial charge in [-0.25, -0.2) is 0 Å². The number of aryl methyl sites for hydroxylation is 2. The summed E-state index contributed by atoms with van der Waals surface area (Å²) in [5.74, 6) is -0.153. The Kier molecular flexibility index (Phi) is 3.12. The molecule has 1 aromatic rings. The summed E-state index contributed by atoms with van der Waals surface area (Å²) in [5, 5.41) is 14.8. The Morgan fingerprint density at radius 2 is 2.00 bits per heavy atom. The molecule has 0 radical (unpaired) electrons. The van der Waals surface area contributed by atoms with Gasteiger partial charge in [-0.3, -0.25) is 4.79 Å². The van der Waals surface area contributed by atoms with Gasteiger partial charge in [0.25, 0.3) is 0 Å². The zero-order valence-corrected chi connectivity index (χ0v) is 11.4. The number of oxime groups is 1. The first-order valence-corrected chi connectivity index (χ1v) is 7.07. The maximum absolute atomic E-state index is 12.4. The van der Waals surface area contributed by atoms with Crippen molar-refractivity contribution >= 4 is 17.4 Å². The van der Waals surface area contributed by atoms with Gasteiger partial charge in [0.2, 0.25) is 5.91 Å². The average molecular weight is 273 g/mol. The van der Waals surface area contributed by atoms with Crippen molar-refractivity contribution in [3.8, 4) is 0 Å². The normalized spacial score (nSPS) is 20.1. The smallest absolute Gasteiger partial charge is 0.238 e. The molecule has 0 bridgehead atoms. The number of rotatable bonds is 3. The van der Waals surface area contributed by atoms with Gasteiger partial charge in [-0.05, 0) is 55.4 Å². The minimum Gasteiger partial charge on any atom is -0.409 e. The van der Waals surface area contributed by atoms with Crippen LogP contribution in [0.5, 0.6) is 0 Å². The fraction of sp³-hybridized carbons (Fsp3) is 0.467. The van der Waals surface area contributed by atoms with Crippen molar-refractivity contribution in [1.82, 2.24) is 0 Å². The molecule has 5 nitrogen and oxygen atoms in total. The summed E-state index contributed by atoms with van der Waals surface area (Å²) in [6.07, 6.45) is 5.58. The number of nitrogens with zero attached hydrogens (tertiary/aromatic N) is 1. The maximum atomic E-state index is 12.4. The molecule has 106 valence electrons. The van der Waals surface area contributed by atoms with Crippen LogP contribution in [0.15, 0.2) is 23.4 Å². The molecule has 4 N–H and O–H groups in total. The number of benzene rings is 1. The van der Waals surface area contributed by atoms with Crippen LogP contribution in [0.25, 0.3) is 0 Å². The molecule has 3 rings (SSSR count). The lowest BCUT2D eigenvalue weighted by Crippen LogP contribution is -2.51. The van der Waals surface area contributed by atoms with Crippen molar-refractivity contribution < 1.29 is 10.0 Å². The highest BCUT2D eigenvalue weighted by Crippen LogP contribution is 2.42. The maximum Gasteiger partial charge on any atom is 0.238 e. The largest absolute Gasteiger partial charge is 0.409 e.